The van der Waals surface area contributed by atoms with E-state index in [-0.39, 0.29) is 12.5 Å². The lowest BCUT2D eigenvalue weighted by atomic mass is 9.97. The molecule has 0 unspecified atom stereocenters. The Morgan fingerprint density at radius 1 is 1.36 bits per heavy atom. The Labute approximate surface area is 140 Å². The molecule has 1 aliphatic rings. The topological polar surface area (TPSA) is 50.4 Å². The van der Waals surface area contributed by atoms with E-state index in [1.807, 2.05) is 18.2 Å². The summed E-state index contributed by atoms with van der Waals surface area (Å²) < 4.78 is 6.09. The maximum Gasteiger partial charge on any atom is 0.239 e. The van der Waals surface area contributed by atoms with Crippen molar-refractivity contribution in [3.8, 4) is 5.75 Å². The Balaban J connectivity index is 1.72. The number of allylic oxidation sites excluding steroid dienone is 1. The highest BCUT2D eigenvalue weighted by molar-refractivity contribution is 9.10. The molecule has 0 saturated carbocycles. The normalized spacial score (nSPS) is 14.2. The molecule has 0 atom stereocenters. The number of carbonyl (C=O) groups is 1. The van der Waals surface area contributed by atoms with Gasteiger partial charge in [-0.25, -0.2) is 0 Å². The van der Waals surface area contributed by atoms with Crippen molar-refractivity contribution in [2.24, 2.45) is 0 Å². The highest BCUT2D eigenvalue weighted by atomic mass is 79.9. The van der Waals surface area contributed by atoms with Gasteiger partial charge in [-0.05, 0) is 60.2 Å². The SMILES string of the molecule is COc1ccc(Br)c(NCC(=O)NCCC2=CCCCC2)c1. The number of carbonyl (C=O) groups excluding carboxylic acids is 1. The van der Waals surface area contributed by atoms with Crippen LogP contribution in [0.3, 0.4) is 0 Å². The lowest BCUT2D eigenvalue weighted by Crippen LogP contribution is -2.30. The number of hydrogen-bond donors (Lipinski definition) is 2. The molecule has 1 amide bonds. The zero-order valence-electron chi connectivity index (χ0n) is 13.0. The van der Waals surface area contributed by atoms with E-state index in [1.54, 1.807) is 7.11 Å². The van der Waals surface area contributed by atoms with Crippen LogP contribution >= 0.6 is 15.9 Å². The highest BCUT2D eigenvalue weighted by Crippen LogP contribution is 2.26. The third-order valence-corrected chi connectivity index (χ3v) is 4.46. The molecule has 4 nitrogen and oxygen atoms in total. The summed E-state index contributed by atoms with van der Waals surface area (Å²) in [5, 5.41) is 6.08. The average Bonchev–Trinajstić information content (AvgIpc) is 2.55. The van der Waals surface area contributed by atoms with E-state index in [1.165, 1.54) is 31.3 Å². The molecule has 1 aliphatic carbocycles. The van der Waals surface area contributed by atoms with Crippen molar-refractivity contribution in [1.82, 2.24) is 5.32 Å². The van der Waals surface area contributed by atoms with Crippen molar-refractivity contribution in [1.29, 1.82) is 0 Å². The molecule has 1 aromatic rings. The van der Waals surface area contributed by atoms with Crippen molar-refractivity contribution in [3.63, 3.8) is 0 Å². The van der Waals surface area contributed by atoms with Gasteiger partial charge in [0.25, 0.3) is 0 Å². The molecule has 0 radical (unpaired) electrons. The highest BCUT2D eigenvalue weighted by Gasteiger charge is 2.07. The van der Waals surface area contributed by atoms with Crippen LogP contribution in [0.4, 0.5) is 5.69 Å². The minimum Gasteiger partial charge on any atom is -0.497 e. The van der Waals surface area contributed by atoms with E-state index in [2.05, 4.69) is 32.6 Å². The fraction of sp³-hybridized carbons (Fsp3) is 0.471. The second-order valence-electron chi connectivity index (χ2n) is 5.41. The molecule has 2 N–H and O–H groups in total. The minimum absolute atomic E-state index is 0.00568. The fourth-order valence-electron chi connectivity index (χ4n) is 2.50. The van der Waals surface area contributed by atoms with Gasteiger partial charge in [-0.3, -0.25) is 4.79 Å². The number of ether oxygens (including phenoxy) is 1. The first kappa shape index (κ1) is 16.9. The van der Waals surface area contributed by atoms with Crippen molar-refractivity contribution in [3.05, 3.63) is 34.3 Å². The van der Waals surface area contributed by atoms with Gasteiger partial charge in [0.05, 0.1) is 19.3 Å². The van der Waals surface area contributed by atoms with Crippen LogP contribution in [0.15, 0.2) is 34.3 Å². The minimum atomic E-state index is 0.00568. The van der Waals surface area contributed by atoms with Crippen molar-refractivity contribution >= 4 is 27.5 Å². The molecule has 0 heterocycles. The van der Waals surface area contributed by atoms with Crippen LogP contribution in [0.2, 0.25) is 0 Å². The number of methoxy groups -OCH3 is 1. The molecular weight excluding hydrogens is 344 g/mol. The Hall–Kier alpha value is -1.49. The summed E-state index contributed by atoms with van der Waals surface area (Å²) in [7, 11) is 1.62. The second kappa shape index (κ2) is 8.83. The van der Waals surface area contributed by atoms with Crippen LogP contribution in [-0.2, 0) is 4.79 Å². The predicted octanol–water partition coefficient (Wildman–Crippen LogP) is 3.88. The van der Waals surface area contributed by atoms with Gasteiger partial charge in [-0.2, -0.15) is 0 Å². The molecule has 0 spiro atoms. The summed E-state index contributed by atoms with van der Waals surface area (Å²) >= 11 is 3.46. The Kier molecular flexibility index (Phi) is 6.77. The van der Waals surface area contributed by atoms with Crippen molar-refractivity contribution in [2.75, 3.05) is 25.5 Å². The maximum atomic E-state index is 11.9. The van der Waals surface area contributed by atoms with Crippen LogP contribution in [-0.4, -0.2) is 26.1 Å². The summed E-state index contributed by atoms with van der Waals surface area (Å²) in [5.74, 6) is 0.765. The van der Waals surface area contributed by atoms with Gasteiger partial charge in [-0.1, -0.05) is 11.6 Å². The van der Waals surface area contributed by atoms with Gasteiger partial charge in [0, 0.05) is 17.1 Å². The smallest absolute Gasteiger partial charge is 0.239 e. The van der Waals surface area contributed by atoms with Crippen LogP contribution in [0.25, 0.3) is 0 Å². The van der Waals surface area contributed by atoms with Gasteiger partial charge in [0.2, 0.25) is 5.91 Å². The van der Waals surface area contributed by atoms with Gasteiger partial charge < -0.3 is 15.4 Å². The molecule has 2 rings (SSSR count). The first-order chi connectivity index (χ1) is 10.7. The summed E-state index contributed by atoms with van der Waals surface area (Å²) in [6.07, 6.45) is 8.25. The summed E-state index contributed by atoms with van der Waals surface area (Å²) in [4.78, 5) is 11.9. The van der Waals surface area contributed by atoms with E-state index < -0.39 is 0 Å². The second-order valence-corrected chi connectivity index (χ2v) is 6.26. The third-order valence-electron chi connectivity index (χ3n) is 3.77. The zero-order valence-corrected chi connectivity index (χ0v) is 14.5. The van der Waals surface area contributed by atoms with Gasteiger partial charge in [-0.15, -0.1) is 0 Å². The molecule has 1 aromatic carbocycles. The van der Waals surface area contributed by atoms with Crippen LogP contribution in [0.5, 0.6) is 5.75 Å². The summed E-state index contributed by atoms with van der Waals surface area (Å²) in [6.45, 7) is 0.969. The summed E-state index contributed by atoms with van der Waals surface area (Å²) in [5.41, 5.74) is 2.33. The van der Waals surface area contributed by atoms with Crippen LogP contribution in [0, 0.1) is 0 Å². The molecule has 0 aliphatic heterocycles. The fourth-order valence-corrected chi connectivity index (χ4v) is 2.89. The predicted molar refractivity (Wildman–Crippen MR) is 93.4 cm³/mol. The summed E-state index contributed by atoms with van der Waals surface area (Å²) in [6, 6.07) is 5.63. The number of benzene rings is 1. The number of anilines is 1. The van der Waals surface area contributed by atoms with E-state index in [0.29, 0.717) is 6.54 Å². The number of amides is 1. The Morgan fingerprint density at radius 2 is 2.23 bits per heavy atom. The quantitative estimate of drug-likeness (QED) is 0.720. The van der Waals surface area contributed by atoms with Gasteiger partial charge in [0.1, 0.15) is 5.75 Å². The average molecular weight is 367 g/mol. The number of halogens is 1. The molecule has 0 saturated heterocycles. The standard InChI is InChI=1S/C17H23BrN2O2/c1-22-14-7-8-15(18)16(11-14)20-12-17(21)19-10-9-13-5-3-2-4-6-13/h5,7-8,11,20H,2-4,6,9-10,12H2,1H3,(H,19,21). The molecular formula is C17H23BrN2O2. The van der Waals surface area contributed by atoms with Gasteiger partial charge >= 0.3 is 0 Å². The number of rotatable bonds is 7. The molecule has 0 fully saturated rings. The largest absolute Gasteiger partial charge is 0.497 e. The van der Waals surface area contributed by atoms with E-state index in [9.17, 15) is 4.79 Å². The molecule has 5 heteroatoms. The third kappa shape index (κ3) is 5.37. The van der Waals surface area contributed by atoms with Gasteiger partial charge in [0.15, 0.2) is 0 Å². The lowest BCUT2D eigenvalue weighted by Gasteiger charge is -2.13. The van der Waals surface area contributed by atoms with Crippen molar-refractivity contribution < 1.29 is 9.53 Å². The number of nitrogens with one attached hydrogen (secondary N) is 2. The molecule has 0 aromatic heterocycles. The molecule has 120 valence electrons. The number of hydrogen-bond acceptors (Lipinski definition) is 3. The monoisotopic (exact) mass is 366 g/mol. The Morgan fingerprint density at radius 3 is 2.95 bits per heavy atom. The molecule has 0 bridgehead atoms. The first-order valence-corrected chi connectivity index (χ1v) is 8.50. The molecule has 22 heavy (non-hydrogen) atoms. The lowest BCUT2D eigenvalue weighted by molar-refractivity contribution is -0.119. The van der Waals surface area contributed by atoms with E-state index in [4.69, 9.17) is 4.74 Å². The van der Waals surface area contributed by atoms with E-state index in [0.717, 1.165) is 22.3 Å². The van der Waals surface area contributed by atoms with Crippen LogP contribution < -0.4 is 15.4 Å². The van der Waals surface area contributed by atoms with E-state index >= 15 is 0 Å². The Bertz CT molecular complexity index is 543. The maximum absolute atomic E-state index is 11.9. The van der Waals surface area contributed by atoms with Crippen LogP contribution in [0.1, 0.15) is 32.1 Å². The zero-order chi connectivity index (χ0) is 15.8. The first-order valence-electron chi connectivity index (χ1n) is 7.71. The van der Waals surface area contributed by atoms with Crippen molar-refractivity contribution in [2.45, 2.75) is 32.1 Å².